The summed E-state index contributed by atoms with van der Waals surface area (Å²) >= 11 is 0. The number of carboxylic acids is 1. The van der Waals surface area contributed by atoms with Crippen molar-refractivity contribution in [3.8, 4) is 0 Å². The number of carboxylic acid groups (broad SMARTS) is 1. The van der Waals surface area contributed by atoms with Gasteiger partial charge in [-0.15, -0.1) is 0 Å². The lowest BCUT2D eigenvalue weighted by atomic mass is 10.2. The number of carbonyl (C=O) groups excluding carboxylic acids is 1. The largest absolute Gasteiger partial charge is 0.480 e. The summed E-state index contributed by atoms with van der Waals surface area (Å²) in [5.74, 6) is -1.82. The number of aliphatic carboxylic acids is 1. The number of aliphatic hydroxyl groups excluding tert-OH is 1. The minimum Gasteiger partial charge on any atom is -0.480 e. The Morgan fingerprint density at radius 2 is 2.17 bits per heavy atom. The van der Waals surface area contributed by atoms with Crippen molar-refractivity contribution >= 4 is 11.9 Å². The van der Waals surface area contributed by atoms with Crippen LogP contribution in [0.15, 0.2) is 6.07 Å². The molecule has 0 bridgehead atoms. The van der Waals surface area contributed by atoms with E-state index in [1.807, 2.05) is 13.8 Å². The van der Waals surface area contributed by atoms with Crippen molar-refractivity contribution in [1.82, 2.24) is 15.1 Å². The molecule has 0 aromatic carbocycles. The molecular weight excluding hydrogens is 238 g/mol. The fourth-order valence-electron chi connectivity index (χ4n) is 1.48. The minimum absolute atomic E-state index is 0.300. The summed E-state index contributed by atoms with van der Waals surface area (Å²) in [6, 6.07) is 0.317. The molecule has 0 radical (unpaired) electrons. The molecule has 1 rings (SSSR count). The van der Waals surface area contributed by atoms with Gasteiger partial charge in [-0.05, 0) is 19.4 Å². The fraction of sp³-hybridized carbons (Fsp3) is 0.545. The predicted molar refractivity (Wildman–Crippen MR) is 63.3 cm³/mol. The molecule has 1 heterocycles. The molecule has 18 heavy (non-hydrogen) atoms. The number of hydrogen-bond acceptors (Lipinski definition) is 4. The van der Waals surface area contributed by atoms with Crippen molar-refractivity contribution in [1.29, 1.82) is 0 Å². The van der Waals surface area contributed by atoms with E-state index >= 15 is 0 Å². The number of aromatic nitrogens is 2. The maximum atomic E-state index is 11.9. The number of aryl methyl sites for hydroxylation is 2. The van der Waals surface area contributed by atoms with Gasteiger partial charge in [-0.2, -0.15) is 5.10 Å². The topological polar surface area (TPSA) is 104 Å². The zero-order valence-electron chi connectivity index (χ0n) is 10.4. The molecule has 1 amide bonds. The lowest BCUT2D eigenvalue weighted by Crippen LogP contribution is -2.43. The number of amides is 1. The van der Waals surface area contributed by atoms with Crippen LogP contribution in [0, 0.1) is 0 Å². The highest BCUT2D eigenvalue weighted by atomic mass is 16.4. The van der Waals surface area contributed by atoms with Gasteiger partial charge >= 0.3 is 5.97 Å². The van der Waals surface area contributed by atoms with Crippen molar-refractivity contribution in [3.05, 3.63) is 17.5 Å². The zero-order valence-corrected chi connectivity index (χ0v) is 10.4. The second-order valence-electron chi connectivity index (χ2n) is 3.74. The smallest absolute Gasteiger partial charge is 0.328 e. The SMILES string of the molecule is CCc1cc(C(=O)NC(CO)C(=O)O)n(CC)n1. The monoisotopic (exact) mass is 255 g/mol. The van der Waals surface area contributed by atoms with Gasteiger partial charge in [0.25, 0.3) is 5.91 Å². The maximum Gasteiger partial charge on any atom is 0.328 e. The number of nitrogens with zero attached hydrogens (tertiary/aromatic N) is 2. The Morgan fingerprint density at radius 1 is 1.50 bits per heavy atom. The summed E-state index contributed by atoms with van der Waals surface area (Å²) < 4.78 is 1.50. The number of rotatable bonds is 6. The number of aliphatic hydroxyl groups is 1. The van der Waals surface area contributed by atoms with Gasteiger partial charge in [0.05, 0.1) is 12.3 Å². The summed E-state index contributed by atoms with van der Waals surface area (Å²) in [4.78, 5) is 22.6. The third kappa shape index (κ3) is 3.07. The average molecular weight is 255 g/mol. The molecule has 1 aromatic rings. The molecule has 1 atom stereocenters. The van der Waals surface area contributed by atoms with Crippen LogP contribution < -0.4 is 5.32 Å². The van der Waals surface area contributed by atoms with Crippen LogP contribution in [0.4, 0.5) is 0 Å². The molecule has 1 unspecified atom stereocenters. The van der Waals surface area contributed by atoms with Crippen LogP contribution in [0.2, 0.25) is 0 Å². The van der Waals surface area contributed by atoms with Crippen molar-refractivity contribution in [2.75, 3.05) is 6.61 Å². The van der Waals surface area contributed by atoms with Gasteiger partial charge in [0.2, 0.25) is 0 Å². The van der Waals surface area contributed by atoms with E-state index in [-0.39, 0.29) is 0 Å². The van der Waals surface area contributed by atoms with E-state index in [2.05, 4.69) is 10.4 Å². The summed E-state index contributed by atoms with van der Waals surface area (Å²) in [5, 5.41) is 24.0. The lowest BCUT2D eigenvalue weighted by Gasteiger charge is -2.11. The van der Waals surface area contributed by atoms with Gasteiger partial charge in [-0.3, -0.25) is 9.48 Å². The molecule has 7 nitrogen and oxygen atoms in total. The highest BCUT2D eigenvalue weighted by molar-refractivity contribution is 5.95. The Labute approximate surface area is 104 Å². The van der Waals surface area contributed by atoms with Crippen LogP contribution in [-0.2, 0) is 17.8 Å². The van der Waals surface area contributed by atoms with E-state index in [0.29, 0.717) is 18.7 Å². The van der Waals surface area contributed by atoms with E-state index in [9.17, 15) is 9.59 Å². The molecule has 0 aliphatic carbocycles. The molecule has 0 aliphatic heterocycles. The Balaban J connectivity index is 2.89. The number of nitrogens with one attached hydrogen (secondary N) is 1. The Bertz CT molecular complexity index is 441. The first-order chi connectivity index (χ1) is 8.53. The zero-order chi connectivity index (χ0) is 13.7. The minimum atomic E-state index is -1.30. The molecular formula is C11H17N3O4. The van der Waals surface area contributed by atoms with Crippen molar-refractivity contribution in [2.45, 2.75) is 32.9 Å². The highest BCUT2D eigenvalue weighted by Gasteiger charge is 2.22. The molecule has 0 spiro atoms. The molecule has 0 fully saturated rings. The second kappa shape index (κ2) is 6.15. The van der Waals surface area contributed by atoms with E-state index < -0.39 is 24.5 Å². The van der Waals surface area contributed by atoms with Gasteiger partial charge < -0.3 is 15.5 Å². The van der Waals surface area contributed by atoms with Crippen molar-refractivity contribution < 1.29 is 19.8 Å². The molecule has 0 aliphatic rings. The summed E-state index contributed by atoms with van der Waals surface area (Å²) in [5.41, 5.74) is 1.06. The average Bonchev–Trinajstić information content (AvgIpc) is 2.78. The summed E-state index contributed by atoms with van der Waals surface area (Å²) in [6.07, 6.45) is 0.690. The first-order valence-corrected chi connectivity index (χ1v) is 5.74. The molecule has 7 heteroatoms. The highest BCUT2D eigenvalue weighted by Crippen LogP contribution is 2.06. The van der Waals surface area contributed by atoms with E-state index in [0.717, 1.165) is 5.69 Å². The van der Waals surface area contributed by atoms with Crippen molar-refractivity contribution in [3.63, 3.8) is 0 Å². The third-order valence-corrected chi connectivity index (χ3v) is 2.51. The normalized spacial score (nSPS) is 12.2. The van der Waals surface area contributed by atoms with Gasteiger partial charge in [0, 0.05) is 6.54 Å². The standard InChI is InChI=1S/C11H17N3O4/c1-3-7-5-9(14(4-2)13-7)10(16)12-8(6-15)11(17)18/h5,8,15H,3-4,6H2,1-2H3,(H,12,16)(H,17,18). The fourth-order valence-corrected chi connectivity index (χ4v) is 1.48. The maximum absolute atomic E-state index is 11.9. The van der Waals surface area contributed by atoms with Gasteiger partial charge in [0.1, 0.15) is 5.69 Å². The lowest BCUT2D eigenvalue weighted by molar-refractivity contribution is -0.140. The van der Waals surface area contributed by atoms with Crippen LogP contribution >= 0.6 is 0 Å². The van der Waals surface area contributed by atoms with Crippen LogP contribution in [-0.4, -0.2) is 44.5 Å². The van der Waals surface area contributed by atoms with Crippen LogP contribution in [0.3, 0.4) is 0 Å². The first kappa shape index (κ1) is 14.2. The summed E-state index contributed by atoms with van der Waals surface area (Å²) in [7, 11) is 0. The van der Waals surface area contributed by atoms with E-state index in [4.69, 9.17) is 10.2 Å². The van der Waals surface area contributed by atoms with Crippen LogP contribution in [0.5, 0.6) is 0 Å². The summed E-state index contributed by atoms with van der Waals surface area (Å²) in [6.45, 7) is 3.61. The Hall–Kier alpha value is -1.89. The molecule has 3 N–H and O–H groups in total. The van der Waals surface area contributed by atoms with E-state index in [1.165, 1.54) is 4.68 Å². The molecule has 0 saturated carbocycles. The van der Waals surface area contributed by atoms with Gasteiger partial charge in [-0.1, -0.05) is 6.92 Å². The first-order valence-electron chi connectivity index (χ1n) is 5.74. The molecule has 0 saturated heterocycles. The Morgan fingerprint density at radius 3 is 2.61 bits per heavy atom. The van der Waals surface area contributed by atoms with E-state index in [1.54, 1.807) is 6.07 Å². The second-order valence-corrected chi connectivity index (χ2v) is 3.74. The molecule has 1 aromatic heterocycles. The number of hydrogen-bond donors (Lipinski definition) is 3. The van der Waals surface area contributed by atoms with Gasteiger partial charge in [0.15, 0.2) is 6.04 Å². The third-order valence-electron chi connectivity index (χ3n) is 2.51. The molecule has 100 valence electrons. The number of carbonyl (C=O) groups is 2. The Kier molecular flexibility index (Phi) is 4.85. The quantitative estimate of drug-likeness (QED) is 0.644. The van der Waals surface area contributed by atoms with Crippen molar-refractivity contribution in [2.24, 2.45) is 0 Å². The predicted octanol–water partition coefficient (Wildman–Crippen LogP) is -0.359. The van der Waals surface area contributed by atoms with Crippen LogP contribution in [0.1, 0.15) is 30.0 Å². The van der Waals surface area contributed by atoms with Crippen LogP contribution in [0.25, 0.3) is 0 Å². The van der Waals surface area contributed by atoms with Gasteiger partial charge in [-0.25, -0.2) is 4.79 Å².